The van der Waals surface area contributed by atoms with E-state index >= 15 is 0 Å². The monoisotopic (exact) mass is 712 g/mol. The smallest absolute Gasteiger partial charge is 0.338 e. The van der Waals surface area contributed by atoms with Gasteiger partial charge in [0.15, 0.2) is 4.80 Å². The van der Waals surface area contributed by atoms with Crippen LogP contribution in [0, 0.1) is 9.39 Å². The summed E-state index contributed by atoms with van der Waals surface area (Å²) < 4.78 is 33.8. The number of thiazole rings is 1. The van der Waals surface area contributed by atoms with Crippen LogP contribution in [0.3, 0.4) is 0 Å². The average molecular weight is 713 g/mol. The Labute approximate surface area is 266 Å². The maximum absolute atomic E-state index is 14.0. The highest BCUT2D eigenvalue weighted by molar-refractivity contribution is 14.1. The molecule has 0 amide bonds. The summed E-state index contributed by atoms with van der Waals surface area (Å²) in [6.07, 6.45) is 1.69. The Kier molecular flexibility index (Phi) is 9.46. The lowest BCUT2D eigenvalue weighted by Gasteiger charge is -2.26. The molecule has 0 spiro atoms. The second-order valence-corrected chi connectivity index (χ2v) is 12.3. The first-order chi connectivity index (χ1) is 20.7. The summed E-state index contributed by atoms with van der Waals surface area (Å²) in [5, 5.41) is 0. The van der Waals surface area contributed by atoms with Gasteiger partial charge >= 0.3 is 5.97 Å². The molecule has 0 radical (unpaired) electrons. The number of ether oxygens (including phenoxy) is 3. The zero-order valence-corrected chi connectivity index (χ0v) is 27.1. The summed E-state index contributed by atoms with van der Waals surface area (Å²) in [5.41, 5.74) is 2.72. The summed E-state index contributed by atoms with van der Waals surface area (Å²) in [6, 6.07) is 18.5. The lowest BCUT2D eigenvalue weighted by molar-refractivity contribution is -0.139. The van der Waals surface area contributed by atoms with Gasteiger partial charge in [0.2, 0.25) is 0 Å². The number of hydrogen-bond donors (Lipinski definition) is 0. The first kappa shape index (κ1) is 30.7. The highest BCUT2D eigenvalue weighted by Crippen LogP contribution is 2.36. The molecule has 10 heteroatoms. The van der Waals surface area contributed by atoms with Gasteiger partial charge in [-0.3, -0.25) is 9.36 Å². The van der Waals surface area contributed by atoms with E-state index in [0.717, 1.165) is 14.7 Å². The quantitative estimate of drug-likeness (QED) is 0.160. The molecule has 0 saturated carbocycles. The molecule has 0 fully saturated rings. The Hall–Kier alpha value is -3.77. The third-order valence-corrected chi connectivity index (χ3v) is 8.46. The highest BCUT2D eigenvalue weighted by atomic mass is 127. The van der Waals surface area contributed by atoms with E-state index in [0.29, 0.717) is 37.7 Å². The number of benzene rings is 3. The standard InChI is InChI=1S/C33H30FIN2O5S/c1-5-40-32(39)29-20(4)36-33-37(30(29)24-11-6-7-12-26(24)42-19(2)3)31(38)28(43-33)17-21-13-14-27(25(35)16-21)41-18-22-9-8-10-23(34)15-22/h6-17,19,30H,5,18H2,1-4H3/b28-17+/t30-/m0/s1. The van der Waals surface area contributed by atoms with E-state index < -0.39 is 12.0 Å². The maximum Gasteiger partial charge on any atom is 0.338 e. The zero-order chi connectivity index (χ0) is 30.7. The zero-order valence-electron chi connectivity index (χ0n) is 24.1. The Bertz CT molecular complexity index is 1900. The minimum Gasteiger partial charge on any atom is -0.491 e. The predicted molar refractivity (Wildman–Crippen MR) is 172 cm³/mol. The molecule has 43 heavy (non-hydrogen) atoms. The van der Waals surface area contributed by atoms with Gasteiger partial charge in [-0.15, -0.1) is 0 Å². The van der Waals surface area contributed by atoms with Gasteiger partial charge in [0.05, 0.1) is 32.1 Å². The first-order valence-corrected chi connectivity index (χ1v) is 15.7. The van der Waals surface area contributed by atoms with Crippen molar-refractivity contribution in [3.8, 4) is 11.5 Å². The van der Waals surface area contributed by atoms with E-state index in [-0.39, 0.29) is 30.7 Å². The SMILES string of the molecule is CCOC(=O)C1=C(C)N=c2s/c(=C/c3ccc(OCc4cccc(F)c4)c(I)c3)c(=O)n2[C@H]1c1ccccc1OC(C)C. The van der Waals surface area contributed by atoms with Crippen molar-refractivity contribution in [1.29, 1.82) is 0 Å². The largest absolute Gasteiger partial charge is 0.491 e. The number of fused-ring (bicyclic) bond motifs is 1. The van der Waals surface area contributed by atoms with E-state index in [9.17, 15) is 14.0 Å². The number of nitrogens with zero attached hydrogens (tertiary/aromatic N) is 2. The van der Waals surface area contributed by atoms with Gasteiger partial charge in [-0.25, -0.2) is 14.2 Å². The Morgan fingerprint density at radius 2 is 1.91 bits per heavy atom. The summed E-state index contributed by atoms with van der Waals surface area (Å²) in [5.74, 6) is 0.401. The molecule has 1 aromatic heterocycles. The van der Waals surface area contributed by atoms with Crippen molar-refractivity contribution in [2.75, 3.05) is 6.61 Å². The van der Waals surface area contributed by atoms with Crippen LogP contribution < -0.4 is 24.4 Å². The summed E-state index contributed by atoms with van der Waals surface area (Å²) in [6.45, 7) is 7.77. The molecule has 1 aliphatic rings. The number of hydrogen-bond acceptors (Lipinski definition) is 7. The molecule has 0 unspecified atom stereocenters. The molecule has 0 aliphatic carbocycles. The topological polar surface area (TPSA) is 79.1 Å². The minimum absolute atomic E-state index is 0.114. The van der Waals surface area contributed by atoms with Crippen LogP contribution in [0.15, 0.2) is 87.8 Å². The van der Waals surface area contributed by atoms with Crippen molar-refractivity contribution in [2.24, 2.45) is 4.99 Å². The van der Waals surface area contributed by atoms with Crippen molar-refractivity contribution in [1.82, 2.24) is 4.57 Å². The van der Waals surface area contributed by atoms with Crippen molar-refractivity contribution in [2.45, 2.75) is 46.4 Å². The number of allylic oxidation sites excluding steroid dienone is 1. The molecule has 1 aliphatic heterocycles. The van der Waals surface area contributed by atoms with Crippen LogP contribution in [0.1, 0.15) is 50.4 Å². The van der Waals surface area contributed by atoms with Gasteiger partial charge in [0.1, 0.15) is 30.0 Å². The van der Waals surface area contributed by atoms with Gasteiger partial charge < -0.3 is 14.2 Å². The fraction of sp³-hybridized carbons (Fsp3) is 0.242. The van der Waals surface area contributed by atoms with Crippen molar-refractivity contribution >= 4 is 46.0 Å². The lowest BCUT2D eigenvalue weighted by atomic mass is 9.95. The molecule has 0 saturated heterocycles. The normalized spacial score (nSPS) is 14.9. The Morgan fingerprint density at radius 3 is 2.63 bits per heavy atom. The van der Waals surface area contributed by atoms with Crippen LogP contribution in [0.5, 0.6) is 11.5 Å². The van der Waals surface area contributed by atoms with Crippen LogP contribution in [0.4, 0.5) is 4.39 Å². The van der Waals surface area contributed by atoms with Crippen LogP contribution in [0.2, 0.25) is 0 Å². The van der Waals surface area contributed by atoms with E-state index in [1.165, 1.54) is 23.5 Å². The summed E-state index contributed by atoms with van der Waals surface area (Å²) in [7, 11) is 0. The molecule has 5 rings (SSSR count). The lowest BCUT2D eigenvalue weighted by Crippen LogP contribution is -2.40. The van der Waals surface area contributed by atoms with Crippen LogP contribution in [0.25, 0.3) is 6.08 Å². The van der Waals surface area contributed by atoms with E-state index in [1.807, 2.05) is 56.3 Å². The second-order valence-electron chi connectivity index (χ2n) is 10.1. The molecular formula is C33H30FIN2O5S. The fourth-order valence-electron chi connectivity index (χ4n) is 4.82. The highest BCUT2D eigenvalue weighted by Gasteiger charge is 2.35. The van der Waals surface area contributed by atoms with Crippen LogP contribution in [-0.4, -0.2) is 23.2 Å². The molecule has 4 aromatic rings. The molecule has 222 valence electrons. The van der Waals surface area contributed by atoms with Gasteiger partial charge in [-0.2, -0.15) is 0 Å². The Balaban J connectivity index is 1.56. The van der Waals surface area contributed by atoms with E-state index in [2.05, 4.69) is 27.6 Å². The number of carbonyl (C=O) groups excluding carboxylic acids is 1. The molecule has 0 N–H and O–H groups in total. The van der Waals surface area contributed by atoms with E-state index in [4.69, 9.17) is 14.2 Å². The fourth-order valence-corrected chi connectivity index (χ4v) is 6.56. The van der Waals surface area contributed by atoms with Gasteiger partial charge in [0, 0.05) is 5.56 Å². The predicted octanol–water partition coefficient (Wildman–Crippen LogP) is 5.91. The third kappa shape index (κ3) is 6.75. The van der Waals surface area contributed by atoms with Crippen molar-refractivity contribution in [3.63, 3.8) is 0 Å². The number of aromatic nitrogens is 1. The molecule has 0 bridgehead atoms. The molecule has 7 nitrogen and oxygen atoms in total. The third-order valence-electron chi connectivity index (χ3n) is 6.63. The number of carbonyl (C=O) groups is 1. The summed E-state index contributed by atoms with van der Waals surface area (Å²) in [4.78, 5) is 32.4. The van der Waals surface area contributed by atoms with Crippen LogP contribution in [-0.2, 0) is 16.1 Å². The van der Waals surface area contributed by atoms with Gasteiger partial charge in [-0.05, 0) is 97.8 Å². The maximum atomic E-state index is 14.0. The summed E-state index contributed by atoms with van der Waals surface area (Å²) >= 11 is 3.43. The molecule has 2 heterocycles. The number of halogens is 2. The average Bonchev–Trinajstić information content (AvgIpc) is 3.26. The first-order valence-electron chi connectivity index (χ1n) is 13.8. The molecule has 3 aromatic carbocycles. The van der Waals surface area contributed by atoms with Crippen molar-refractivity contribution < 1.29 is 23.4 Å². The second kappa shape index (κ2) is 13.3. The van der Waals surface area contributed by atoms with Crippen molar-refractivity contribution in [3.05, 3.63) is 124 Å². The van der Waals surface area contributed by atoms with E-state index in [1.54, 1.807) is 36.6 Å². The minimum atomic E-state index is -0.772. The number of rotatable bonds is 9. The van der Waals surface area contributed by atoms with Gasteiger partial charge in [-0.1, -0.05) is 47.7 Å². The number of para-hydroxylation sites is 1. The van der Waals surface area contributed by atoms with Crippen LogP contribution >= 0.6 is 33.9 Å². The number of esters is 1. The molecular weight excluding hydrogens is 682 g/mol. The molecule has 1 atom stereocenters. The van der Waals surface area contributed by atoms with Gasteiger partial charge in [0.25, 0.3) is 5.56 Å². The Morgan fingerprint density at radius 1 is 1.12 bits per heavy atom.